The van der Waals surface area contributed by atoms with E-state index in [2.05, 4.69) is 42.1 Å². The Balaban J connectivity index is 2.12. The summed E-state index contributed by atoms with van der Waals surface area (Å²) in [5.41, 5.74) is 8.38. The number of benzene rings is 1. The van der Waals surface area contributed by atoms with E-state index in [4.69, 9.17) is 17.3 Å². The number of hydrogen-bond acceptors (Lipinski definition) is 3. The fourth-order valence-electron chi connectivity index (χ4n) is 3.01. The maximum absolute atomic E-state index is 6.26. The number of likely N-dealkylation sites (tertiary alicyclic amines) is 1. The van der Waals surface area contributed by atoms with Crippen LogP contribution in [0.4, 0.5) is 0 Å². The molecule has 0 spiro atoms. The van der Waals surface area contributed by atoms with Gasteiger partial charge >= 0.3 is 0 Å². The molecule has 1 aliphatic heterocycles. The van der Waals surface area contributed by atoms with E-state index >= 15 is 0 Å². The molecule has 0 bridgehead atoms. The lowest BCUT2D eigenvalue weighted by Gasteiger charge is -2.39. The number of rotatable bonds is 4. The molecule has 0 amide bonds. The molecule has 3 nitrogen and oxygen atoms in total. The van der Waals surface area contributed by atoms with Crippen LogP contribution < -0.4 is 5.73 Å². The summed E-state index contributed by atoms with van der Waals surface area (Å²) in [6.45, 7) is 4.99. The van der Waals surface area contributed by atoms with Crippen LogP contribution in [0.5, 0.6) is 0 Å². The Bertz CT molecular complexity index is 441. The van der Waals surface area contributed by atoms with E-state index in [1.54, 1.807) is 0 Å². The standard InChI is InChI=1S/C16H26ClN3/c1-12-4-5-13(10-15(12)17)16(11-18)20(3)14-6-8-19(2)9-7-14/h4-5,10,14,16H,6-9,11,18H2,1-3H3. The number of likely N-dealkylation sites (N-methyl/N-ethyl adjacent to an activating group) is 1. The van der Waals surface area contributed by atoms with Gasteiger partial charge in [0, 0.05) is 23.7 Å². The topological polar surface area (TPSA) is 32.5 Å². The van der Waals surface area contributed by atoms with E-state index < -0.39 is 0 Å². The second-order valence-electron chi connectivity index (χ2n) is 5.96. The molecule has 0 saturated carbocycles. The third-order valence-electron chi connectivity index (χ3n) is 4.56. The molecule has 1 aromatic rings. The van der Waals surface area contributed by atoms with Crippen molar-refractivity contribution in [2.75, 3.05) is 33.7 Å². The molecule has 1 heterocycles. The second kappa shape index (κ2) is 6.90. The minimum atomic E-state index is 0.251. The smallest absolute Gasteiger partial charge is 0.0470 e. The lowest BCUT2D eigenvalue weighted by molar-refractivity contribution is 0.109. The maximum Gasteiger partial charge on any atom is 0.0470 e. The maximum atomic E-state index is 6.26. The van der Waals surface area contributed by atoms with Gasteiger partial charge in [0.15, 0.2) is 0 Å². The average Bonchev–Trinajstić information content (AvgIpc) is 2.44. The molecule has 0 aliphatic carbocycles. The van der Waals surface area contributed by atoms with Gasteiger partial charge in [-0.3, -0.25) is 4.90 Å². The molecule has 1 aromatic carbocycles. The van der Waals surface area contributed by atoms with Gasteiger partial charge in [0.05, 0.1) is 0 Å². The van der Waals surface area contributed by atoms with Crippen molar-refractivity contribution in [3.05, 3.63) is 34.3 Å². The molecule has 0 radical (unpaired) electrons. The van der Waals surface area contributed by atoms with Crippen molar-refractivity contribution in [1.82, 2.24) is 9.80 Å². The number of halogens is 1. The van der Waals surface area contributed by atoms with E-state index in [1.165, 1.54) is 31.5 Å². The molecule has 1 unspecified atom stereocenters. The molecule has 112 valence electrons. The molecule has 2 N–H and O–H groups in total. The van der Waals surface area contributed by atoms with E-state index in [1.807, 2.05) is 6.92 Å². The molecule has 2 rings (SSSR count). The lowest BCUT2D eigenvalue weighted by atomic mass is 9.98. The Morgan fingerprint density at radius 1 is 1.40 bits per heavy atom. The summed E-state index contributed by atoms with van der Waals surface area (Å²) in [6, 6.07) is 7.17. The molecule has 20 heavy (non-hydrogen) atoms. The van der Waals surface area contributed by atoms with E-state index in [0.717, 1.165) is 10.6 Å². The third kappa shape index (κ3) is 3.53. The number of aryl methyl sites for hydroxylation is 1. The monoisotopic (exact) mass is 295 g/mol. The molecular weight excluding hydrogens is 270 g/mol. The molecule has 4 heteroatoms. The van der Waals surface area contributed by atoms with Crippen LogP contribution in [0, 0.1) is 6.92 Å². The van der Waals surface area contributed by atoms with Crippen molar-refractivity contribution in [2.45, 2.75) is 31.8 Å². The first-order valence-electron chi connectivity index (χ1n) is 7.39. The van der Waals surface area contributed by atoms with Gasteiger partial charge in [-0.1, -0.05) is 23.7 Å². The highest BCUT2D eigenvalue weighted by Crippen LogP contribution is 2.28. The Kier molecular flexibility index (Phi) is 5.44. The van der Waals surface area contributed by atoms with Crippen molar-refractivity contribution in [1.29, 1.82) is 0 Å². The van der Waals surface area contributed by atoms with E-state index in [9.17, 15) is 0 Å². The Morgan fingerprint density at radius 2 is 2.05 bits per heavy atom. The van der Waals surface area contributed by atoms with Crippen molar-refractivity contribution >= 4 is 11.6 Å². The van der Waals surface area contributed by atoms with Crippen molar-refractivity contribution < 1.29 is 0 Å². The fourth-order valence-corrected chi connectivity index (χ4v) is 3.20. The highest BCUT2D eigenvalue weighted by atomic mass is 35.5. The summed E-state index contributed by atoms with van der Waals surface area (Å²) in [6.07, 6.45) is 2.42. The highest BCUT2D eigenvalue weighted by molar-refractivity contribution is 6.31. The summed E-state index contributed by atoms with van der Waals surface area (Å²) in [5.74, 6) is 0. The summed E-state index contributed by atoms with van der Waals surface area (Å²) in [7, 11) is 4.39. The largest absolute Gasteiger partial charge is 0.329 e. The number of piperidine rings is 1. The number of hydrogen-bond donors (Lipinski definition) is 1. The Morgan fingerprint density at radius 3 is 2.60 bits per heavy atom. The molecule has 0 aromatic heterocycles. The van der Waals surface area contributed by atoms with Crippen LogP contribution in [0.2, 0.25) is 5.02 Å². The van der Waals surface area contributed by atoms with Gasteiger partial charge in [-0.25, -0.2) is 0 Å². The van der Waals surface area contributed by atoms with Crippen LogP contribution in [0.25, 0.3) is 0 Å². The molecule has 1 atom stereocenters. The predicted octanol–water partition coefficient (Wildman–Crippen LogP) is 2.67. The SMILES string of the molecule is Cc1ccc(C(CN)N(C)C2CCN(C)CC2)cc1Cl. The van der Waals surface area contributed by atoms with Crippen LogP contribution >= 0.6 is 11.6 Å². The van der Waals surface area contributed by atoms with Crippen LogP contribution in [0.15, 0.2) is 18.2 Å². The molecule has 1 saturated heterocycles. The van der Waals surface area contributed by atoms with Crippen LogP contribution in [-0.2, 0) is 0 Å². The lowest BCUT2D eigenvalue weighted by Crippen LogP contribution is -2.45. The fraction of sp³-hybridized carbons (Fsp3) is 0.625. The third-order valence-corrected chi connectivity index (χ3v) is 4.97. The van der Waals surface area contributed by atoms with Crippen LogP contribution in [0.3, 0.4) is 0 Å². The highest BCUT2D eigenvalue weighted by Gasteiger charge is 2.26. The second-order valence-corrected chi connectivity index (χ2v) is 6.37. The van der Waals surface area contributed by atoms with Gasteiger partial charge in [-0.05, 0) is 64.1 Å². The van der Waals surface area contributed by atoms with Crippen LogP contribution in [0.1, 0.15) is 30.0 Å². The predicted molar refractivity (Wildman–Crippen MR) is 86.3 cm³/mol. The molecule has 1 aliphatic rings. The molecular formula is C16H26ClN3. The first-order chi connectivity index (χ1) is 9.52. The van der Waals surface area contributed by atoms with Gasteiger partial charge in [0.25, 0.3) is 0 Å². The van der Waals surface area contributed by atoms with Gasteiger partial charge in [-0.2, -0.15) is 0 Å². The van der Waals surface area contributed by atoms with Gasteiger partial charge < -0.3 is 10.6 Å². The summed E-state index contributed by atoms with van der Waals surface area (Å²) < 4.78 is 0. The molecule has 1 fully saturated rings. The van der Waals surface area contributed by atoms with Crippen molar-refractivity contribution in [2.24, 2.45) is 5.73 Å². The Labute approximate surface area is 127 Å². The number of nitrogens with zero attached hydrogens (tertiary/aromatic N) is 2. The van der Waals surface area contributed by atoms with Crippen molar-refractivity contribution in [3.8, 4) is 0 Å². The zero-order valence-electron chi connectivity index (χ0n) is 12.8. The van der Waals surface area contributed by atoms with Gasteiger partial charge in [0.2, 0.25) is 0 Å². The summed E-state index contributed by atoms with van der Waals surface area (Å²) >= 11 is 6.26. The summed E-state index contributed by atoms with van der Waals surface area (Å²) in [4.78, 5) is 4.83. The minimum Gasteiger partial charge on any atom is -0.329 e. The van der Waals surface area contributed by atoms with Crippen molar-refractivity contribution in [3.63, 3.8) is 0 Å². The van der Waals surface area contributed by atoms with Gasteiger partial charge in [-0.15, -0.1) is 0 Å². The van der Waals surface area contributed by atoms with E-state index in [0.29, 0.717) is 12.6 Å². The first-order valence-corrected chi connectivity index (χ1v) is 7.77. The van der Waals surface area contributed by atoms with E-state index in [-0.39, 0.29) is 6.04 Å². The zero-order valence-corrected chi connectivity index (χ0v) is 13.5. The first kappa shape index (κ1) is 15.8. The summed E-state index contributed by atoms with van der Waals surface area (Å²) in [5, 5.41) is 0.831. The Hall–Kier alpha value is -0.610. The number of nitrogens with two attached hydrogens (primary N) is 1. The normalized spacial score (nSPS) is 19.5. The van der Waals surface area contributed by atoms with Crippen LogP contribution in [-0.4, -0.2) is 49.6 Å². The quantitative estimate of drug-likeness (QED) is 0.927. The van der Waals surface area contributed by atoms with Gasteiger partial charge in [0.1, 0.15) is 0 Å². The zero-order chi connectivity index (χ0) is 14.7. The minimum absolute atomic E-state index is 0.251. The average molecular weight is 296 g/mol.